The fourth-order valence-corrected chi connectivity index (χ4v) is 10.8. The monoisotopic (exact) mass is 1020 g/mol. The van der Waals surface area contributed by atoms with Crippen LogP contribution in [0.1, 0.15) is 141 Å². The molecule has 4 heterocycles. The lowest BCUT2D eigenvalue weighted by Gasteiger charge is -2.24. The van der Waals surface area contributed by atoms with E-state index < -0.39 is 73.7 Å². The van der Waals surface area contributed by atoms with Crippen LogP contribution in [0, 0.1) is 35.5 Å². The van der Waals surface area contributed by atoms with Crippen LogP contribution < -0.4 is 0 Å². The largest absolute Gasteiger partial charge is 0.466 e. The van der Waals surface area contributed by atoms with E-state index in [1.807, 2.05) is 0 Å². The highest BCUT2D eigenvalue weighted by molar-refractivity contribution is 5.90. The fraction of sp³-hybridized carbons (Fsp3) is 0.846. The highest BCUT2D eigenvalue weighted by Crippen LogP contribution is 2.42. The second-order valence-corrected chi connectivity index (χ2v) is 21.2. The molecule has 72 heavy (non-hydrogen) atoms. The molecule has 0 aromatic rings. The first-order chi connectivity index (χ1) is 34.9. The van der Waals surface area contributed by atoms with Gasteiger partial charge in [0.05, 0.1) is 113 Å². The smallest absolute Gasteiger partial charge is 0.344 e. The molecule has 4 saturated carbocycles. The standard InChI is InChI=1S/C52H74O20/c53-45(63-25-31-9-13-37-41(19-31)69-37)7-3-1-5-17-61-47(55)23-35(51(59)67-29-49(57)65-27-33-11-15-39-43(21-33)71-39)36(52(60)68-30-50(58)66-28-34-12-16-40-44(22-34)72-40)24-48(56)62-18-6-2-4-8-46(54)64-26-32-10-14-38-42(20-32)70-38/h31-44H,1-30H2. The van der Waals surface area contributed by atoms with E-state index in [2.05, 4.69) is 0 Å². The second kappa shape index (κ2) is 26.7. The molecule has 4 aliphatic heterocycles. The maximum Gasteiger partial charge on any atom is 0.344 e. The van der Waals surface area contributed by atoms with E-state index in [0.29, 0.717) is 88.0 Å². The molecule has 14 unspecified atom stereocenters. The SMILES string of the molecule is O=C(CCCCCOC(=O)CC(C(=O)OCC(=O)OCC1CCC2OC2C1)C(CC(=O)OCCCCCC(=O)OCC1CCC2OC2C1)C(=O)OCC(=O)OCC1CCC2OC2C1)OCC1CCC2OC2C1. The zero-order valence-corrected chi connectivity index (χ0v) is 41.5. The summed E-state index contributed by atoms with van der Waals surface area (Å²) >= 11 is 0. The Morgan fingerprint density at radius 2 is 0.653 bits per heavy atom. The van der Waals surface area contributed by atoms with Crippen LogP contribution in [0.25, 0.3) is 0 Å². The molecule has 0 radical (unpaired) electrons. The average Bonchev–Trinajstić information content (AvgIpc) is 4.18. The second-order valence-electron chi connectivity index (χ2n) is 21.2. The van der Waals surface area contributed by atoms with E-state index in [-0.39, 0.29) is 87.5 Å². The average molecular weight is 1020 g/mol. The number of epoxide rings is 4. The first kappa shape index (κ1) is 53.9. The molecular weight excluding hydrogens is 945 g/mol. The Bertz CT molecular complexity index is 1760. The van der Waals surface area contributed by atoms with Gasteiger partial charge in [0.1, 0.15) is 0 Å². The number of unbranched alkanes of at least 4 members (excludes halogenated alkanes) is 4. The van der Waals surface area contributed by atoms with Crippen molar-refractivity contribution in [3.63, 3.8) is 0 Å². The molecule has 0 spiro atoms. The van der Waals surface area contributed by atoms with Gasteiger partial charge in [-0.2, -0.15) is 0 Å². The lowest BCUT2D eigenvalue weighted by Crippen LogP contribution is -2.38. The minimum Gasteiger partial charge on any atom is -0.466 e. The highest BCUT2D eigenvalue weighted by atomic mass is 16.6. The summed E-state index contributed by atoms with van der Waals surface area (Å²) in [6.07, 6.45) is 14.5. The molecule has 4 saturated heterocycles. The van der Waals surface area contributed by atoms with Gasteiger partial charge in [0.25, 0.3) is 0 Å². The van der Waals surface area contributed by atoms with Crippen molar-refractivity contribution in [2.24, 2.45) is 35.5 Å². The van der Waals surface area contributed by atoms with E-state index in [9.17, 15) is 38.4 Å². The fourth-order valence-electron chi connectivity index (χ4n) is 10.8. The van der Waals surface area contributed by atoms with E-state index in [1.54, 1.807) is 0 Å². The van der Waals surface area contributed by atoms with Gasteiger partial charge >= 0.3 is 47.8 Å². The third-order valence-corrected chi connectivity index (χ3v) is 15.5. The van der Waals surface area contributed by atoms with Crippen molar-refractivity contribution >= 4 is 47.8 Å². The van der Waals surface area contributed by atoms with Crippen LogP contribution in [0.5, 0.6) is 0 Å². The molecule has 0 amide bonds. The van der Waals surface area contributed by atoms with Gasteiger partial charge in [-0.1, -0.05) is 0 Å². The van der Waals surface area contributed by atoms with Crippen molar-refractivity contribution in [2.75, 3.05) is 52.9 Å². The quantitative estimate of drug-likeness (QED) is 0.0393. The van der Waals surface area contributed by atoms with Crippen LogP contribution in [-0.4, -0.2) is 149 Å². The van der Waals surface area contributed by atoms with Gasteiger partial charge < -0.3 is 56.8 Å². The predicted molar refractivity (Wildman–Crippen MR) is 245 cm³/mol. The molecule has 402 valence electrons. The molecular formula is C52H74O20. The predicted octanol–water partition coefficient (Wildman–Crippen LogP) is 4.74. The molecule has 20 nitrogen and oxygen atoms in total. The summed E-state index contributed by atoms with van der Waals surface area (Å²) in [6.45, 7) is -0.886. The van der Waals surface area contributed by atoms with Crippen molar-refractivity contribution < 1.29 is 95.2 Å². The molecule has 14 atom stereocenters. The maximum absolute atomic E-state index is 13.9. The zero-order chi connectivity index (χ0) is 50.4. The van der Waals surface area contributed by atoms with Gasteiger partial charge in [0.15, 0.2) is 13.2 Å². The summed E-state index contributed by atoms with van der Waals surface area (Å²) in [5.74, 6) is -9.12. The van der Waals surface area contributed by atoms with Crippen molar-refractivity contribution in [1.29, 1.82) is 0 Å². The van der Waals surface area contributed by atoms with Crippen molar-refractivity contribution in [1.82, 2.24) is 0 Å². The van der Waals surface area contributed by atoms with Crippen molar-refractivity contribution in [2.45, 2.75) is 190 Å². The Hall–Kier alpha value is -4.40. The molecule has 8 rings (SSSR count). The maximum atomic E-state index is 13.9. The lowest BCUT2D eigenvalue weighted by atomic mass is 9.86. The third kappa shape index (κ3) is 17.9. The Morgan fingerprint density at radius 1 is 0.333 bits per heavy atom. The number of carbonyl (C=O) groups is 8. The van der Waals surface area contributed by atoms with E-state index >= 15 is 0 Å². The zero-order valence-electron chi connectivity index (χ0n) is 41.5. The topological polar surface area (TPSA) is 261 Å². The van der Waals surface area contributed by atoms with Gasteiger partial charge in [-0.05, 0) is 139 Å². The molecule has 0 N–H and O–H groups in total. The molecule has 0 aromatic heterocycles. The van der Waals surface area contributed by atoms with Gasteiger partial charge in [-0.15, -0.1) is 0 Å². The number of esters is 8. The Labute approximate surface area is 420 Å². The van der Waals surface area contributed by atoms with Crippen LogP contribution in [0.2, 0.25) is 0 Å². The number of carbonyl (C=O) groups excluding carboxylic acids is 8. The summed E-state index contributed by atoms with van der Waals surface area (Å²) in [4.78, 5) is 105. The summed E-state index contributed by atoms with van der Waals surface area (Å²) < 4.78 is 65.6. The first-order valence-corrected chi connectivity index (χ1v) is 26.8. The lowest BCUT2D eigenvalue weighted by molar-refractivity contribution is -0.173. The van der Waals surface area contributed by atoms with Crippen LogP contribution in [0.15, 0.2) is 0 Å². The molecule has 8 aliphatic rings. The molecule has 8 fully saturated rings. The van der Waals surface area contributed by atoms with Crippen LogP contribution in [0.4, 0.5) is 0 Å². The number of fused-ring (bicyclic) bond motifs is 4. The first-order valence-electron chi connectivity index (χ1n) is 26.8. The Balaban J connectivity index is 0.810. The van der Waals surface area contributed by atoms with E-state index in [0.717, 1.165) is 77.0 Å². The highest BCUT2D eigenvalue weighted by Gasteiger charge is 2.47. The molecule has 0 bridgehead atoms. The number of hydrogen-bond acceptors (Lipinski definition) is 20. The minimum atomic E-state index is -1.72. The van der Waals surface area contributed by atoms with Crippen molar-refractivity contribution in [3.8, 4) is 0 Å². The number of ether oxygens (including phenoxy) is 12. The Morgan fingerprint density at radius 3 is 0.972 bits per heavy atom. The normalized spacial score (nSPS) is 30.9. The summed E-state index contributed by atoms with van der Waals surface area (Å²) in [5, 5.41) is 0. The van der Waals surface area contributed by atoms with Gasteiger partial charge in [-0.25, -0.2) is 9.59 Å². The van der Waals surface area contributed by atoms with Crippen LogP contribution in [0.3, 0.4) is 0 Å². The number of hydrogen-bond donors (Lipinski definition) is 0. The van der Waals surface area contributed by atoms with Crippen LogP contribution >= 0.6 is 0 Å². The van der Waals surface area contributed by atoms with E-state index in [1.165, 1.54) is 0 Å². The van der Waals surface area contributed by atoms with Gasteiger partial charge in [0, 0.05) is 12.8 Å². The molecule has 20 heteroatoms. The summed E-state index contributed by atoms with van der Waals surface area (Å²) in [6, 6.07) is 0. The van der Waals surface area contributed by atoms with Gasteiger partial charge in [0.2, 0.25) is 0 Å². The van der Waals surface area contributed by atoms with Crippen molar-refractivity contribution in [3.05, 3.63) is 0 Å². The third-order valence-electron chi connectivity index (χ3n) is 15.5. The minimum absolute atomic E-state index is 0.0770. The molecule has 0 aromatic carbocycles. The van der Waals surface area contributed by atoms with Crippen LogP contribution in [-0.2, 0) is 95.2 Å². The molecule has 4 aliphatic carbocycles. The summed E-state index contributed by atoms with van der Waals surface area (Å²) in [7, 11) is 0. The van der Waals surface area contributed by atoms with E-state index in [4.69, 9.17) is 56.8 Å². The van der Waals surface area contributed by atoms with Gasteiger partial charge in [-0.3, -0.25) is 28.8 Å². The number of rotatable bonds is 31. The summed E-state index contributed by atoms with van der Waals surface area (Å²) in [5.41, 5.74) is 0. The Kier molecular flexibility index (Phi) is 20.0.